The van der Waals surface area contributed by atoms with E-state index in [4.69, 9.17) is 22.6 Å². The first-order chi connectivity index (χ1) is 11.0. The van der Waals surface area contributed by atoms with Gasteiger partial charge in [0.15, 0.2) is 0 Å². The number of nitrogens with one attached hydrogen (secondary N) is 2. The zero-order valence-electron chi connectivity index (χ0n) is 13.1. The van der Waals surface area contributed by atoms with Crippen molar-refractivity contribution >= 4 is 29.1 Å². The Labute approximate surface area is 136 Å². The van der Waals surface area contributed by atoms with Crippen molar-refractivity contribution in [2.24, 2.45) is 16.5 Å². The first kappa shape index (κ1) is 18.9. The van der Waals surface area contributed by atoms with E-state index in [-0.39, 0.29) is 23.0 Å². The molecule has 8 N–H and O–H groups in total. The van der Waals surface area contributed by atoms with E-state index in [1.807, 2.05) is 0 Å². The lowest BCUT2D eigenvalue weighted by atomic mass is 10.1. The summed E-state index contributed by atoms with van der Waals surface area (Å²) in [4.78, 5) is 22.8. The highest BCUT2D eigenvalue weighted by Crippen LogP contribution is 2.20. The van der Waals surface area contributed by atoms with Crippen LogP contribution in [-0.4, -0.2) is 39.9 Å². The van der Waals surface area contributed by atoms with Crippen molar-refractivity contribution in [1.29, 1.82) is 5.41 Å². The van der Waals surface area contributed by atoms with E-state index in [1.54, 1.807) is 0 Å². The lowest BCUT2D eigenvalue weighted by Gasteiger charge is -2.15. The fraction of sp³-hybridized carbons (Fsp3) is 0.308. The fourth-order valence-corrected chi connectivity index (χ4v) is 1.56. The summed E-state index contributed by atoms with van der Waals surface area (Å²) in [5, 5.41) is 10.2. The number of carbonyl (C=O) groups excluding carboxylic acids is 1. The van der Waals surface area contributed by atoms with E-state index >= 15 is 0 Å². The Kier molecular flexibility index (Phi) is 5.87. The van der Waals surface area contributed by atoms with Crippen molar-refractivity contribution in [3.05, 3.63) is 23.7 Å². The molecule has 1 aromatic rings. The molecule has 0 atom stereocenters. The largest absolute Gasteiger partial charge is 0.402 e. The molecule has 0 saturated heterocycles. The quantitative estimate of drug-likeness (QED) is 0.365. The van der Waals surface area contributed by atoms with Crippen molar-refractivity contribution < 1.29 is 13.6 Å². The van der Waals surface area contributed by atoms with Gasteiger partial charge in [-0.05, 0) is 13.0 Å². The summed E-state index contributed by atoms with van der Waals surface area (Å²) in [5.74, 6) is -4.70. The minimum Gasteiger partial charge on any atom is -0.402 e. The van der Waals surface area contributed by atoms with E-state index in [0.717, 1.165) is 6.33 Å². The second-order valence-corrected chi connectivity index (χ2v) is 5.01. The number of aromatic nitrogens is 2. The van der Waals surface area contributed by atoms with Gasteiger partial charge in [0.1, 0.15) is 29.5 Å². The summed E-state index contributed by atoms with van der Waals surface area (Å²) < 4.78 is 26.0. The number of halogens is 2. The minimum absolute atomic E-state index is 0.179. The zero-order chi connectivity index (χ0) is 18.5. The highest BCUT2D eigenvalue weighted by Gasteiger charge is 2.25. The molecule has 1 amide bonds. The van der Waals surface area contributed by atoms with Crippen LogP contribution < -0.4 is 22.5 Å². The number of nitrogens with two attached hydrogens (primary N) is 3. The number of alkyl halides is 2. The lowest BCUT2D eigenvalue weighted by molar-refractivity contribution is -0.111. The molecule has 0 aliphatic carbocycles. The Hall–Kier alpha value is -3.11. The number of aliphatic imine (C=N–C) groups is 1. The molecule has 9 nitrogen and oxygen atoms in total. The number of hydrogen-bond acceptors (Lipinski definition) is 7. The SMILES string of the molecule is C/C(N)=C/C(N)=NC(=O)C(=N)c1c(N)ncnc1NCC(C)(F)F. The first-order valence-electron chi connectivity index (χ1n) is 6.64. The topological polar surface area (TPSA) is 169 Å². The molecule has 0 unspecified atom stereocenters. The number of amidine groups is 1. The molecule has 0 saturated carbocycles. The van der Waals surface area contributed by atoms with Gasteiger partial charge in [-0.25, -0.2) is 18.7 Å². The average Bonchev–Trinajstić information content (AvgIpc) is 2.42. The maximum Gasteiger partial charge on any atom is 0.297 e. The maximum atomic E-state index is 13.0. The number of anilines is 2. The molecule has 24 heavy (non-hydrogen) atoms. The van der Waals surface area contributed by atoms with Crippen LogP contribution in [0, 0.1) is 5.41 Å². The van der Waals surface area contributed by atoms with Crippen molar-refractivity contribution in [2.45, 2.75) is 19.8 Å². The Morgan fingerprint density at radius 2 is 2.08 bits per heavy atom. The number of hydrogen-bond donors (Lipinski definition) is 5. The predicted octanol–water partition coefficient (Wildman–Crippen LogP) is 0.240. The summed E-state index contributed by atoms with van der Waals surface area (Å²) >= 11 is 0. The number of rotatable bonds is 6. The summed E-state index contributed by atoms with van der Waals surface area (Å²) in [5.41, 5.74) is 15.9. The van der Waals surface area contributed by atoms with Gasteiger partial charge in [-0.2, -0.15) is 4.99 Å². The third-order valence-corrected chi connectivity index (χ3v) is 2.51. The molecule has 0 radical (unpaired) electrons. The van der Waals surface area contributed by atoms with Crippen molar-refractivity contribution in [1.82, 2.24) is 9.97 Å². The van der Waals surface area contributed by atoms with Gasteiger partial charge in [-0.15, -0.1) is 0 Å². The highest BCUT2D eigenvalue weighted by atomic mass is 19.3. The highest BCUT2D eigenvalue weighted by molar-refractivity contribution is 6.47. The fourth-order valence-electron chi connectivity index (χ4n) is 1.56. The molecule has 11 heteroatoms. The van der Waals surface area contributed by atoms with E-state index in [1.165, 1.54) is 13.0 Å². The zero-order valence-corrected chi connectivity index (χ0v) is 13.1. The minimum atomic E-state index is -3.03. The van der Waals surface area contributed by atoms with Gasteiger partial charge in [0.2, 0.25) is 0 Å². The van der Waals surface area contributed by atoms with Crippen LogP contribution in [0.3, 0.4) is 0 Å². The molecule has 0 aliphatic heterocycles. The van der Waals surface area contributed by atoms with Gasteiger partial charge in [0.25, 0.3) is 11.8 Å². The van der Waals surface area contributed by atoms with Crippen LogP contribution in [-0.2, 0) is 4.79 Å². The third kappa shape index (κ3) is 5.59. The van der Waals surface area contributed by atoms with Crippen LogP contribution in [0.15, 0.2) is 23.1 Å². The third-order valence-electron chi connectivity index (χ3n) is 2.51. The Morgan fingerprint density at radius 3 is 2.62 bits per heavy atom. The van der Waals surface area contributed by atoms with E-state index < -0.39 is 24.1 Å². The monoisotopic (exact) mass is 340 g/mol. The molecule has 130 valence electrons. The number of amides is 1. The van der Waals surface area contributed by atoms with Gasteiger partial charge in [-0.1, -0.05) is 0 Å². The van der Waals surface area contributed by atoms with E-state index in [2.05, 4.69) is 20.3 Å². The summed E-state index contributed by atoms with van der Waals surface area (Å²) in [6.45, 7) is 1.47. The molecule has 0 bridgehead atoms. The van der Waals surface area contributed by atoms with Crippen LogP contribution in [0.1, 0.15) is 19.4 Å². The normalized spacial score (nSPS) is 12.8. The summed E-state index contributed by atoms with van der Waals surface area (Å²) in [6.07, 6.45) is 2.25. The van der Waals surface area contributed by atoms with Gasteiger partial charge in [0, 0.05) is 12.6 Å². The number of carbonyl (C=O) groups is 1. The average molecular weight is 340 g/mol. The second-order valence-electron chi connectivity index (χ2n) is 5.01. The number of nitrogens with zero attached hydrogens (tertiary/aromatic N) is 3. The molecule has 1 aromatic heterocycles. The Bertz CT molecular complexity index is 704. The molecular formula is C13H18F2N8O. The van der Waals surface area contributed by atoms with Crippen molar-refractivity contribution in [2.75, 3.05) is 17.6 Å². The smallest absolute Gasteiger partial charge is 0.297 e. The summed E-state index contributed by atoms with van der Waals surface area (Å²) in [7, 11) is 0. The molecule has 1 heterocycles. The van der Waals surface area contributed by atoms with Crippen LogP contribution in [0.2, 0.25) is 0 Å². The van der Waals surface area contributed by atoms with Gasteiger partial charge in [0.05, 0.1) is 12.1 Å². The Morgan fingerprint density at radius 1 is 1.46 bits per heavy atom. The standard InChI is InChI=1S/C13H18F2N8O/c1-6(16)3-7(17)23-12(24)9(18)8-10(19)21-5-22-11(8)20-4-13(2,14)15/h3,5,18H,4,16H2,1-2H3,(H2,17,23,24)(H3,19,20,21,22)/b6-3-,18-9?. The van der Waals surface area contributed by atoms with Crippen molar-refractivity contribution in [3.8, 4) is 0 Å². The molecule has 0 aromatic carbocycles. The Balaban J connectivity index is 3.14. The first-order valence-corrected chi connectivity index (χ1v) is 6.64. The van der Waals surface area contributed by atoms with Crippen LogP contribution in [0.25, 0.3) is 0 Å². The maximum absolute atomic E-state index is 13.0. The number of nitrogen functional groups attached to an aromatic ring is 1. The molecular weight excluding hydrogens is 322 g/mol. The lowest BCUT2D eigenvalue weighted by Crippen LogP contribution is -2.26. The van der Waals surface area contributed by atoms with Gasteiger partial charge < -0.3 is 22.5 Å². The van der Waals surface area contributed by atoms with E-state index in [0.29, 0.717) is 12.6 Å². The molecule has 0 spiro atoms. The molecule has 0 aliphatic rings. The van der Waals surface area contributed by atoms with Crippen LogP contribution in [0.5, 0.6) is 0 Å². The molecule has 1 rings (SSSR count). The molecule has 0 fully saturated rings. The van der Waals surface area contributed by atoms with E-state index in [9.17, 15) is 13.6 Å². The number of allylic oxidation sites excluding steroid dienone is 1. The second kappa shape index (κ2) is 7.44. The van der Waals surface area contributed by atoms with Crippen LogP contribution in [0.4, 0.5) is 20.4 Å². The van der Waals surface area contributed by atoms with Crippen molar-refractivity contribution in [3.63, 3.8) is 0 Å². The van der Waals surface area contributed by atoms with Crippen LogP contribution >= 0.6 is 0 Å². The predicted molar refractivity (Wildman–Crippen MR) is 87.0 cm³/mol. The summed E-state index contributed by atoms with van der Waals surface area (Å²) in [6, 6.07) is 0. The van der Waals surface area contributed by atoms with Gasteiger partial charge >= 0.3 is 0 Å². The van der Waals surface area contributed by atoms with Gasteiger partial charge in [-0.3, -0.25) is 10.2 Å².